The van der Waals surface area contributed by atoms with Crippen LogP contribution in [0.5, 0.6) is 5.75 Å². The van der Waals surface area contributed by atoms with Crippen LogP contribution >= 0.6 is 0 Å². The molecular weight excluding hydrogens is 244 g/mol. The number of nitrogens with one attached hydrogen (secondary N) is 2. The predicted molar refractivity (Wildman–Crippen MR) is 72.4 cm³/mol. The molecule has 2 rings (SSSR count). The lowest BCUT2D eigenvalue weighted by Crippen LogP contribution is -2.37. The first kappa shape index (κ1) is 13.3. The van der Waals surface area contributed by atoms with E-state index in [0.717, 1.165) is 29.0 Å². The summed E-state index contributed by atoms with van der Waals surface area (Å²) < 4.78 is 10.5. The van der Waals surface area contributed by atoms with Crippen molar-refractivity contribution < 1.29 is 14.3 Å². The molecule has 5 heteroatoms. The molecule has 0 unspecified atom stereocenters. The van der Waals surface area contributed by atoms with Crippen LogP contribution in [0.2, 0.25) is 0 Å². The molecule has 1 heterocycles. The number of para-hydroxylation sites is 1. The Bertz CT molecular complexity index is 497. The average molecular weight is 262 g/mol. The van der Waals surface area contributed by atoms with Crippen LogP contribution in [0.25, 0.3) is 5.70 Å². The molecule has 0 aliphatic carbocycles. The quantitative estimate of drug-likeness (QED) is 0.821. The summed E-state index contributed by atoms with van der Waals surface area (Å²) in [6.07, 6.45) is 0.312. The van der Waals surface area contributed by atoms with Crippen LogP contribution in [0.15, 0.2) is 29.8 Å². The first-order chi connectivity index (χ1) is 9.22. The van der Waals surface area contributed by atoms with Crippen LogP contribution < -0.4 is 15.6 Å². The van der Waals surface area contributed by atoms with Crippen molar-refractivity contribution in [3.05, 3.63) is 35.4 Å². The Balaban J connectivity index is 2.19. The summed E-state index contributed by atoms with van der Waals surface area (Å²) in [6.45, 7) is 4.75. The maximum Gasteiger partial charge on any atom is 0.425 e. The number of hydrogen-bond donors (Lipinski definition) is 2. The van der Waals surface area contributed by atoms with Gasteiger partial charge in [0.25, 0.3) is 0 Å². The van der Waals surface area contributed by atoms with Crippen molar-refractivity contribution in [2.45, 2.75) is 20.3 Å². The molecule has 0 bridgehead atoms. The first-order valence-electron chi connectivity index (χ1n) is 6.33. The molecule has 5 nitrogen and oxygen atoms in total. The standard InChI is InChI=1S/C14H18N2O3/c1-3-18-14(17)16-15-13-10(2)8-9-19-12-7-5-4-6-11(12)13/h4-7,15H,3,8-9H2,1-2H3,(H,16,17). The summed E-state index contributed by atoms with van der Waals surface area (Å²) in [7, 11) is 0. The fourth-order valence-corrected chi connectivity index (χ4v) is 1.92. The largest absolute Gasteiger partial charge is 0.493 e. The minimum absolute atomic E-state index is 0.339. The topological polar surface area (TPSA) is 59.6 Å². The van der Waals surface area contributed by atoms with Gasteiger partial charge >= 0.3 is 6.09 Å². The fourth-order valence-electron chi connectivity index (χ4n) is 1.92. The van der Waals surface area contributed by atoms with Crippen LogP contribution in [0, 0.1) is 0 Å². The molecular formula is C14H18N2O3. The lowest BCUT2D eigenvalue weighted by atomic mass is 10.1. The van der Waals surface area contributed by atoms with E-state index in [9.17, 15) is 4.79 Å². The number of amides is 1. The van der Waals surface area contributed by atoms with Gasteiger partial charge in [-0.2, -0.15) is 0 Å². The Labute approximate surface area is 112 Å². The highest BCUT2D eigenvalue weighted by atomic mass is 16.5. The van der Waals surface area contributed by atoms with Crippen molar-refractivity contribution in [2.75, 3.05) is 13.2 Å². The van der Waals surface area contributed by atoms with Crippen molar-refractivity contribution in [3.8, 4) is 5.75 Å². The zero-order chi connectivity index (χ0) is 13.7. The Hall–Kier alpha value is -2.17. The number of hydrogen-bond acceptors (Lipinski definition) is 4. The minimum Gasteiger partial charge on any atom is -0.493 e. The first-order valence-corrected chi connectivity index (χ1v) is 6.33. The smallest absolute Gasteiger partial charge is 0.425 e. The summed E-state index contributed by atoms with van der Waals surface area (Å²) in [5, 5.41) is 0. The molecule has 1 aromatic rings. The Morgan fingerprint density at radius 3 is 3.00 bits per heavy atom. The highest BCUT2D eigenvalue weighted by Crippen LogP contribution is 2.30. The number of rotatable bonds is 3. The van der Waals surface area contributed by atoms with E-state index < -0.39 is 6.09 Å². The van der Waals surface area contributed by atoms with Gasteiger partial charge in [0.05, 0.1) is 18.9 Å². The van der Waals surface area contributed by atoms with E-state index in [0.29, 0.717) is 13.2 Å². The van der Waals surface area contributed by atoms with Crippen molar-refractivity contribution in [1.82, 2.24) is 10.9 Å². The highest BCUT2D eigenvalue weighted by Gasteiger charge is 2.16. The second kappa shape index (κ2) is 6.13. The summed E-state index contributed by atoms with van der Waals surface area (Å²) in [5.41, 5.74) is 8.38. The Morgan fingerprint density at radius 2 is 2.21 bits per heavy atom. The molecule has 0 aromatic heterocycles. The molecule has 0 saturated carbocycles. The van der Waals surface area contributed by atoms with E-state index in [2.05, 4.69) is 10.9 Å². The molecule has 0 spiro atoms. The van der Waals surface area contributed by atoms with E-state index in [-0.39, 0.29) is 0 Å². The van der Waals surface area contributed by atoms with Gasteiger partial charge in [-0.05, 0) is 31.6 Å². The summed E-state index contributed by atoms with van der Waals surface area (Å²) in [4.78, 5) is 11.3. The van der Waals surface area contributed by atoms with Gasteiger partial charge < -0.3 is 9.47 Å². The third kappa shape index (κ3) is 3.19. The van der Waals surface area contributed by atoms with E-state index in [1.54, 1.807) is 6.92 Å². The van der Waals surface area contributed by atoms with Gasteiger partial charge in [-0.15, -0.1) is 0 Å². The summed E-state index contributed by atoms with van der Waals surface area (Å²) >= 11 is 0. The Morgan fingerprint density at radius 1 is 1.42 bits per heavy atom. The fraction of sp³-hybridized carbons (Fsp3) is 0.357. The third-order valence-electron chi connectivity index (χ3n) is 2.88. The van der Waals surface area contributed by atoms with Crippen molar-refractivity contribution in [3.63, 3.8) is 0 Å². The molecule has 0 fully saturated rings. The van der Waals surface area contributed by atoms with Crippen LogP contribution in [0.4, 0.5) is 4.79 Å². The maximum atomic E-state index is 11.3. The van der Waals surface area contributed by atoms with E-state index in [4.69, 9.17) is 9.47 Å². The minimum atomic E-state index is -0.495. The number of fused-ring (bicyclic) bond motifs is 1. The summed E-state index contributed by atoms with van der Waals surface area (Å²) in [6, 6.07) is 7.74. The highest BCUT2D eigenvalue weighted by molar-refractivity contribution is 5.75. The van der Waals surface area contributed by atoms with Crippen LogP contribution in [0.1, 0.15) is 25.8 Å². The molecule has 0 saturated heterocycles. The summed E-state index contributed by atoms with van der Waals surface area (Å²) in [5.74, 6) is 0.813. The Kier molecular flexibility index (Phi) is 4.28. The van der Waals surface area contributed by atoms with Gasteiger partial charge in [-0.1, -0.05) is 12.1 Å². The number of carbonyl (C=O) groups is 1. The molecule has 1 aliphatic heterocycles. The van der Waals surface area contributed by atoms with Crippen LogP contribution in [-0.2, 0) is 4.74 Å². The molecule has 1 aromatic carbocycles. The lowest BCUT2D eigenvalue weighted by Gasteiger charge is -2.15. The van der Waals surface area contributed by atoms with Gasteiger partial charge in [0.1, 0.15) is 5.75 Å². The number of benzene rings is 1. The molecule has 0 atom stereocenters. The second-order valence-corrected chi connectivity index (χ2v) is 4.22. The number of hydrazine groups is 1. The van der Waals surface area contributed by atoms with Gasteiger partial charge in [0.2, 0.25) is 0 Å². The molecule has 1 aliphatic rings. The normalized spacial score (nSPS) is 14.0. The predicted octanol–water partition coefficient (Wildman–Crippen LogP) is 2.45. The van der Waals surface area contributed by atoms with Crippen molar-refractivity contribution in [2.24, 2.45) is 0 Å². The number of ether oxygens (including phenoxy) is 2. The zero-order valence-electron chi connectivity index (χ0n) is 11.2. The van der Waals surface area contributed by atoms with Gasteiger partial charge in [-0.25, -0.2) is 10.2 Å². The SMILES string of the molecule is CCOC(=O)NNC1=C(C)CCOc2ccccc21. The van der Waals surface area contributed by atoms with E-state index >= 15 is 0 Å². The maximum absolute atomic E-state index is 11.3. The van der Waals surface area contributed by atoms with Crippen LogP contribution in [-0.4, -0.2) is 19.3 Å². The molecule has 1 amide bonds. The van der Waals surface area contributed by atoms with Crippen molar-refractivity contribution in [1.29, 1.82) is 0 Å². The molecule has 2 N–H and O–H groups in total. The molecule has 102 valence electrons. The van der Waals surface area contributed by atoms with Gasteiger partial charge in [0.15, 0.2) is 0 Å². The zero-order valence-corrected chi connectivity index (χ0v) is 11.2. The average Bonchev–Trinajstić information content (AvgIpc) is 2.55. The van der Waals surface area contributed by atoms with Gasteiger partial charge in [-0.3, -0.25) is 5.43 Å². The lowest BCUT2D eigenvalue weighted by molar-refractivity contribution is 0.149. The third-order valence-corrected chi connectivity index (χ3v) is 2.88. The van der Waals surface area contributed by atoms with E-state index in [1.807, 2.05) is 31.2 Å². The van der Waals surface area contributed by atoms with Gasteiger partial charge in [0, 0.05) is 12.0 Å². The monoisotopic (exact) mass is 262 g/mol. The van der Waals surface area contributed by atoms with E-state index in [1.165, 1.54) is 0 Å². The molecule has 0 radical (unpaired) electrons. The molecule has 19 heavy (non-hydrogen) atoms. The second-order valence-electron chi connectivity index (χ2n) is 4.22. The van der Waals surface area contributed by atoms with Crippen molar-refractivity contribution >= 4 is 11.8 Å². The number of carbonyl (C=O) groups excluding carboxylic acids is 1. The van der Waals surface area contributed by atoms with Crippen LogP contribution in [0.3, 0.4) is 0 Å².